The molecule has 0 bridgehead atoms. The number of benzene rings is 2. The Kier molecular flexibility index (Phi) is 5.36. The molecule has 0 amide bonds. The van der Waals surface area contributed by atoms with Crippen molar-refractivity contribution in [3.05, 3.63) is 47.5 Å². The lowest BCUT2D eigenvalue weighted by atomic mass is 9.99. The van der Waals surface area contributed by atoms with Crippen molar-refractivity contribution in [2.24, 2.45) is 0 Å². The number of anilines is 1. The fourth-order valence-electron chi connectivity index (χ4n) is 2.33. The molecule has 0 saturated heterocycles. The zero-order valence-electron chi connectivity index (χ0n) is 12.5. The molecule has 2 aromatic carbocycles. The fourth-order valence-corrected chi connectivity index (χ4v) is 2.83. The van der Waals surface area contributed by atoms with E-state index in [1.807, 2.05) is 5.09 Å². The largest absolute Gasteiger partial charge is 0.508 e. The number of hydrogen-bond donors (Lipinski definition) is 7. The quantitative estimate of drug-likeness (QED) is 0.389. The average molecular weight is 355 g/mol. The van der Waals surface area contributed by atoms with Gasteiger partial charge in [-0.2, -0.15) is 0 Å². The van der Waals surface area contributed by atoms with E-state index in [2.05, 4.69) is 0 Å². The SMILES string of the molecule is O=P(O)(O)Nc1cc(O)cc(O)c1C(O)CCc1ccc(O)cc1. The number of rotatable bonds is 6. The Morgan fingerprint density at radius 2 is 1.62 bits per heavy atom. The van der Waals surface area contributed by atoms with Gasteiger partial charge >= 0.3 is 7.75 Å². The van der Waals surface area contributed by atoms with Crippen LogP contribution in [0.3, 0.4) is 0 Å². The van der Waals surface area contributed by atoms with E-state index in [9.17, 15) is 25.0 Å². The molecule has 0 aliphatic rings. The Morgan fingerprint density at radius 1 is 1.00 bits per heavy atom. The van der Waals surface area contributed by atoms with Gasteiger partial charge in [0, 0.05) is 17.7 Å². The Labute approximate surface area is 137 Å². The van der Waals surface area contributed by atoms with Crippen LogP contribution in [0.4, 0.5) is 5.69 Å². The number of hydrogen-bond acceptors (Lipinski definition) is 5. The minimum atomic E-state index is -4.69. The van der Waals surface area contributed by atoms with Crippen molar-refractivity contribution in [3.8, 4) is 17.2 Å². The molecule has 1 atom stereocenters. The van der Waals surface area contributed by atoms with Gasteiger partial charge in [0.2, 0.25) is 0 Å². The van der Waals surface area contributed by atoms with Gasteiger partial charge in [-0.3, -0.25) is 5.09 Å². The van der Waals surface area contributed by atoms with E-state index in [-0.39, 0.29) is 23.4 Å². The highest BCUT2D eigenvalue weighted by molar-refractivity contribution is 7.53. The van der Waals surface area contributed by atoms with Crippen LogP contribution in [0.1, 0.15) is 23.7 Å². The maximum Gasteiger partial charge on any atom is 0.427 e. The highest BCUT2D eigenvalue weighted by atomic mass is 31.2. The topological polar surface area (TPSA) is 150 Å². The van der Waals surface area contributed by atoms with E-state index >= 15 is 0 Å². The summed E-state index contributed by atoms with van der Waals surface area (Å²) in [5.74, 6) is -0.773. The van der Waals surface area contributed by atoms with Gasteiger partial charge < -0.3 is 30.2 Å². The smallest absolute Gasteiger partial charge is 0.427 e. The molecule has 0 heterocycles. The standard InChI is InChI=1S/C15H18NO7P/c17-10-4-1-9(2-5-10)3-6-13(19)15-12(16-24(21,22)23)7-11(18)8-14(15)20/h1-2,4-5,7-8,13,17-20H,3,6H2,(H3,16,21,22,23). The molecule has 0 fully saturated rings. The van der Waals surface area contributed by atoms with Crippen molar-refractivity contribution >= 4 is 13.4 Å². The molecule has 130 valence electrons. The molecule has 8 nitrogen and oxygen atoms in total. The first-order valence-electron chi connectivity index (χ1n) is 7.01. The maximum absolute atomic E-state index is 11.1. The molecule has 24 heavy (non-hydrogen) atoms. The zero-order valence-corrected chi connectivity index (χ0v) is 13.4. The van der Waals surface area contributed by atoms with Gasteiger partial charge in [0.25, 0.3) is 0 Å². The summed E-state index contributed by atoms with van der Waals surface area (Å²) >= 11 is 0. The molecule has 7 N–H and O–H groups in total. The summed E-state index contributed by atoms with van der Waals surface area (Å²) in [4.78, 5) is 18.0. The second kappa shape index (κ2) is 7.11. The molecule has 0 saturated carbocycles. The predicted molar refractivity (Wildman–Crippen MR) is 86.8 cm³/mol. The first-order valence-corrected chi connectivity index (χ1v) is 8.62. The molecular formula is C15H18NO7P. The van der Waals surface area contributed by atoms with Gasteiger partial charge in [0.15, 0.2) is 0 Å². The summed E-state index contributed by atoms with van der Waals surface area (Å²) in [6, 6.07) is 8.34. The number of aryl methyl sites for hydroxylation is 1. The number of aromatic hydroxyl groups is 3. The molecule has 0 aliphatic heterocycles. The van der Waals surface area contributed by atoms with E-state index in [1.165, 1.54) is 12.1 Å². The van der Waals surface area contributed by atoms with Crippen LogP contribution in [-0.4, -0.2) is 30.2 Å². The molecule has 0 aromatic heterocycles. The predicted octanol–water partition coefficient (Wildman–Crippen LogP) is 1.97. The zero-order chi connectivity index (χ0) is 17.9. The van der Waals surface area contributed by atoms with Gasteiger partial charge in [-0.1, -0.05) is 12.1 Å². The van der Waals surface area contributed by atoms with Crippen molar-refractivity contribution in [1.82, 2.24) is 0 Å². The Bertz CT molecular complexity index is 757. The van der Waals surface area contributed by atoms with Crippen molar-refractivity contribution in [3.63, 3.8) is 0 Å². The number of aliphatic hydroxyl groups is 1. The van der Waals surface area contributed by atoms with Crippen LogP contribution in [0.15, 0.2) is 36.4 Å². The van der Waals surface area contributed by atoms with E-state index in [0.29, 0.717) is 6.42 Å². The number of aliphatic hydroxyl groups excluding tert-OH is 1. The number of phenolic OH excluding ortho intramolecular Hbond substituents is 3. The van der Waals surface area contributed by atoms with Crippen LogP contribution in [0.5, 0.6) is 17.2 Å². The normalized spacial score (nSPS) is 12.8. The summed E-state index contributed by atoms with van der Waals surface area (Å²) < 4.78 is 11.1. The third-order valence-electron chi connectivity index (χ3n) is 3.39. The van der Waals surface area contributed by atoms with Crippen molar-refractivity contribution in [2.75, 3.05) is 5.09 Å². The van der Waals surface area contributed by atoms with Crippen LogP contribution in [0.25, 0.3) is 0 Å². The second-order valence-corrected chi connectivity index (χ2v) is 6.61. The van der Waals surface area contributed by atoms with Crippen LogP contribution in [0.2, 0.25) is 0 Å². The van der Waals surface area contributed by atoms with Gasteiger partial charge in [0.1, 0.15) is 17.2 Å². The second-order valence-electron chi connectivity index (χ2n) is 5.30. The van der Waals surface area contributed by atoms with Crippen LogP contribution >= 0.6 is 7.75 Å². The molecule has 0 spiro atoms. The molecule has 2 aromatic rings. The molecular weight excluding hydrogens is 337 g/mol. The van der Waals surface area contributed by atoms with E-state index < -0.39 is 25.3 Å². The lowest BCUT2D eigenvalue weighted by Crippen LogP contribution is -2.06. The molecule has 2 rings (SSSR count). The number of phenols is 3. The molecule has 0 aliphatic carbocycles. The summed E-state index contributed by atoms with van der Waals surface area (Å²) in [6.07, 6.45) is -0.677. The van der Waals surface area contributed by atoms with Gasteiger partial charge in [-0.25, -0.2) is 4.57 Å². The summed E-state index contributed by atoms with van der Waals surface area (Å²) in [5.41, 5.74) is 0.462. The minimum absolute atomic E-state index is 0.114. The Morgan fingerprint density at radius 3 is 2.21 bits per heavy atom. The van der Waals surface area contributed by atoms with Crippen LogP contribution in [-0.2, 0) is 11.0 Å². The first-order chi connectivity index (χ1) is 11.2. The molecule has 9 heteroatoms. The average Bonchev–Trinajstić information content (AvgIpc) is 2.44. The molecule has 1 unspecified atom stereocenters. The van der Waals surface area contributed by atoms with E-state index in [1.54, 1.807) is 12.1 Å². The van der Waals surface area contributed by atoms with Crippen molar-refractivity contribution in [2.45, 2.75) is 18.9 Å². The highest BCUT2D eigenvalue weighted by Gasteiger charge is 2.23. The van der Waals surface area contributed by atoms with Crippen LogP contribution in [0, 0.1) is 0 Å². The Hall–Kier alpha value is -2.25. The molecule has 0 radical (unpaired) electrons. The summed E-state index contributed by atoms with van der Waals surface area (Å²) in [6.45, 7) is 0. The summed E-state index contributed by atoms with van der Waals surface area (Å²) in [5, 5.41) is 40.8. The Balaban J connectivity index is 2.22. The van der Waals surface area contributed by atoms with E-state index in [0.717, 1.165) is 17.7 Å². The van der Waals surface area contributed by atoms with Gasteiger partial charge in [-0.15, -0.1) is 0 Å². The highest BCUT2D eigenvalue weighted by Crippen LogP contribution is 2.43. The van der Waals surface area contributed by atoms with E-state index in [4.69, 9.17) is 9.79 Å². The van der Waals surface area contributed by atoms with Crippen molar-refractivity contribution < 1.29 is 34.8 Å². The fraction of sp³-hybridized carbons (Fsp3) is 0.200. The summed E-state index contributed by atoms with van der Waals surface area (Å²) in [7, 11) is -4.69. The minimum Gasteiger partial charge on any atom is -0.508 e. The van der Waals surface area contributed by atoms with Gasteiger partial charge in [0.05, 0.1) is 11.8 Å². The van der Waals surface area contributed by atoms with Gasteiger partial charge in [-0.05, 0) is 30.5 Å². The third kappa shape index (κ3) is 4.87. The van der Waals surface area contributed by atoms with Crippen molar-refractivity contribution in [1.29, 1.82) is 0 Å². The lowest BCUT2D eigenvalue weighted by molar-refractivity contribution is 0.165. The first kappa shape index (κ1) is 18.1. The third-order valence-corrected chi connectivity index (χ3v) is 3.92. The monoisotopic (exact) mass is 355 g/mol. The maximum atomic E-state index is 11.1. The number of nitrogens with one attached hydrogen (secondary N) is 1. The van der Waals surface area contributed by atoms with Crippen LogP contribution < -0.4 is 5.09 Å². The lowest BCUT2D eigenvalue weighted by Gasteiger charge is -2.19.